The molecule has 10 heteroatoms. The molecule has 0 radical (unpaired) electrons. The zero-order chi connectivity index (χ0) is 26.6. The molecule has 0 N–H and O–H groups in total. The maximum atomic E-state index is 15.1. The number of likely N-dealkylation sites (N-methyl/N-ethyl adjacent to an activating group) is 1. The van der Waals surface area contributed by atoms with Crippen LogP contribution in [-0.2, 0) is 9.59 Å². The minimum Gasteiger partial charge on any atom is -0.356 e. The molecule has 1 saturated heterocycles. The Labute approximate surface area is 212 Å². The lowest BCUT2D eigenvalue weighted by atomic mass is 9.93. The Morgan fingerprint density at radius 1 is 1.05 bits per heavy atom. The van der Waals surface area contributed by atoms with E-state index in [-0.39, 0.29) is 18.7 Å². The molecule has 188 valence electrons. The van der Waals surface area contributed by atoms with Gasteiger partial charge in [0.05, 0.1) is 6.42 Å². The Morgan fingerprint density at radius 2 is 1.73 bits per heavy atom. The van der Waals surface area contributed by atoms with E-state index in [0.717, 1.165) is 17.0 Å². The highest BCUT2D eigenvalue weighted by molar-refractivity contribution is 6.18. The molecule has 1 aliphatic heterocycles. The molecule has 1 unspecified atom stereocenters. The van der Waals surface area contributed by atoms with Crippen molar-refractivity contribution in [1.29, 1.82) is 0 Å². The fraction of sp³-hybridized carbons (Fsp3) is 0.222. The lowest BCUT2D eigenvalue weighted by Crippen LogP contribution is -2.65. The molecular formula is C27H23F2N5O3. The number of halogens is 2. The smallest absolute Gasteiger partial charge is 0.332 e. The number of carbonyl (C=O) groups excluding carboxylic acids is 3. The number of anilines is 2. The summed E-state index contributed by atoms with van der Waals surface area (Å²) in [5.41, 5.74) is -1.59. The van der Waals surface area contributed by atoms with E-state index in [1.54, 1.807) is 48.3 Å². The van der Waals surface area contributed by atoms with Crippen molar-refractivity contribution in [3.63, 3.8) is 0 Å². The summed E-state index contributed by atoms with van der Waals surface area (Å²) in [6, 6.07) is 13.2. The Hall–Kier alpha value is -4.65. The molecule has 0 saturated carbocycles. The first-order valence-electron chi connectivity index (χ1n) is 11.4. The van der Waals surface area contributed by atoms with Crippen LogP contribution in [0.4, 0.5) is 25.1 Å². The van der Waals surface area contributed by atoms with Crippen LogP contribution in [0.5, 0.6) is 0 Å². The summed E-state index contributed by atoms with van der Waals surface area (Å²) < 4.78 is 30.3. The van der Waals surface area contributed by atoms with Gasteiger partial charge < -0.3 is 14.6 Å². The predicted octanol–water partition coefficient (Wildman–Crippen LogP) is 3.41. The van der Waals surface area contributed by atoms with Gasteiger partial charge in [-0.05, 0) is 43.3 Å². The van der Waals surface area contributed by atoms with Crippen molar-refractivity contribution in [2.45, 2.75) is 18.9 Å². The largest absolute Gasteiger partial charge is 0.356 e. The van der Waals surface area contributed by atoms with E-state index in [9.17, 15) is 14.4 Å². The van der Waals surface area contributed by atoms with Gasteiger partial charge in [0, 0.05) is 37.5 Å². The average Bonchev–Trinajstić information content (AvgIpc) is 2.89. The number of nitrogens with zero attached hydrogens (tertiary/aromatic N) is 5. The van der Waals surface area contributed by atoms with Gasteiger partial charge in [0.1, 0.15) is 17.5 Å². The summed E-state index contributed by atoms with van der Waals surface area (Å²) in [5.74, 6) is 2.88. The van der Waals surface area contributed by atoms with Gasteiger partial charge >= 0.3 is 6.03 Å². The van der Waals surface area contributed by atoms with Crippen LogP contribution in [0.1, 0.15) is 24.5 Å². The molecule has 1 aromatic heterocycles. The first kappa shape index (κ1) is 25.4. The number of hydrogen-bond acceptors (Lipinski definition) is 6. The first-order valence-corrected chi connectivity index (χ1v) is 11.4. The lowest BCUT2D eigenvalue weighted by molar-refractivity contribution is -0.128. The maximum Gasteiger partial charge on any atom is 0.332 e. The molecule has 4 rings (SSSR count). The number of carbonyl (C=O) groups is 3. The van der Waals surface area contributed by atoms with E-state index in [1.165, 1.54) is 13.1 Å². The molecule has 1 fully saturated rings. The normalized spacial score (nSPS) is 17.3. The second-order valence-electron chi connectivity index (χ2n) is 8.72. The van der Waals surface area contributed by atoms with Crippen LogP contribution in [-0.4, -0.2) is 59.0 Å². The van der Waals surface area contributed by atoms with Crippen molar-refractivity contribution >= 4 is 29.7 Å². The molecule has 2 aromatic carbocycles. The van der Waals surface area contributed by atoms with Crippen molar-refractivity contribution in [2.75, 3.05) is 29.9 Å². The predicted molar refractivity (Wildman–Crippen MR) is 133 cm³/mol. The van der Waals surface area contributed by atoms with Crippen LogP contribution < -0.4 is 9.80 Å². The van der Waals surface area contributed by atoms with Crippen molar-refractivity contribution < 1.29 is 23.2 Å². The van der Waals surface area contributed by atoms with Crippen LogP contribution in [0.25, 0.3) is 0 Å². The molecule has 8 nitrogen and oxygen atoms in total. The average molecular weight is 504 g/mol. The number of amides is 3. The van der Waals surface area contributed by atoms with Crippen LogP contribution in [0.2, 0.25) is 0 Å². The number of aromatic nitrogens is 2. The Balaban J connectivity index is 1.62. The molecule has 37 heavy (non-hydrogen) atoms. The quantitative estimate of drug-likeness (QED) is 0.379. The minimum absolute atomic E-state index is 0.0190. The van der Waals surface area contributed by atoms with E-state index < -0.39 is 41.2 Å². The molecule has 3 aromatic rings. The van der Waals surface area contributed by atoms with E-state index in [4.69, 9.17) is 0 Å². The number of benzene rings is 2. The second-order valence-corrected chi connectivity index (χ2v) is 8.72. The number of imide groups is 1. The van der Waals surface area contributed by atoms with Gasteiger partial charge in [0.25, 0.3) is 0 Å². The molecule has 2 heterocycles. The summed E-state index contributed by atoms with van der Waals surface area (Å²) in [6.07, 6.45) is 1.57. The van der Waals surface area contributed by atoms with Crippen molar-refractivity contribution in [1.82, 2.24) is 15.1 Å². The highest BCUT2D eigenvalue weighted by Gasteiger charge is 2.48. The van der Waals surface area contributed by atoms with Crippen LogP contribution in [0.15, 0.2) is 60.8 Å². The standard InChI is InChI=1S/C27H23F2N5O3/c1-27(18-35)17-24(36)34(26(37)33(27)14-13-32(2)23-9-6-12-30-31-23)25-21(28)15-20(16-22(25)29)11-10-19-7-4-3-5-8-19/h3-9,12,15-16,18H,13-14,17H2,1-2H3. The Kier molecular flexibility index (Phi) is 7.25. The highest BCUT2D eigenvalue weighted by atomic mass is 19.1. The summed E-state index contributed by atoms with van der Waals surface area (Å²) in [4.78, 5) is 41.6. The van der Waals surface area contributed by atoms with Crippen LogP contribution >= 0.6 is 0 Å². The third-order valence-corrected chi connectivity index (χ3v) is 6.03. The summed E-state index contributed by atoms with van der Waals surface area (Å²) in [6.45, 7) is 1.63. The lowest BCUT2D eigenvalue weighted by Gasteiger charge is -2.44. The van der Waals surface area contributed by atoms with E-state index in [1.807, 2.05) is 6.07 Å². The molecule has 0 spiro atoms. The van der Waals surface area contributed by atoms with Crippen molar-refractivity contribution in [2.24, 2.45) is 0 Å². The maximum absolute atomic E-state index is 15.1. The van der Waals surface area contributed by atoms with Gasteiger partial charge in [-0.1, -0.05) is 30.0 Å². The molecule has 1 atom stereocenters. The third kappa shape index (κ3) is 5.30. The van der Waals surface area contributed by atoms with Crippen LogP contribution in [0, 0.1) is 23.5 Å². The molecule has 0 aliphatic carbocycles. The van der Waals surface area contributed by atoms with Crippen molar-refractivity contribution in [3.05, 3.63) is 83.6 Å². The zero-order valence-corrected chi connectivity index (χ0v) is 20.2. The van der Waals surface area contributed by atoms with Gasteiger partial charge in [-0.2, -0.15) is 5.10 Å². The van der Waals surface area contributed by atoms with Gasteiger partial charge in [-0.25, -0.2) is 18.5 Å². The first-order chi connectivity index (χ1) is 17.7. The summed E-state index contributed by atoms with van der Waals surface area (Å²) >= 11 is 0. The number of urea groups is 1. The zero-order valence-electron chi connectivity index (χ0n) is 20.2. The third-order valence-electron chi connectivity index (χ3n) is 6.03. The molecular weight excluding hydrogens is 480 g/mol. The minimum atomic E-state index is -1.48. The SMILES string of the molecule is CN(CCN1C(=O)N(c2c(F)cc(C#Cc3ccccc3)cc2F)C(=O)CC1(C)C=O)c1cccnn1. The van der Waals surface area contributed by atoms with Gasteiger partial charge in [0.2, 0.25) is 5.91 Å². The Morgan fingerprint density at radius 3 is 2.35 bits per heavy atom. The highest BCUT2D eigenvalue weighted by Crippen LogP contribution is 2.33. The van der Waals surface area contributed by atoms with Gasteiger partial charge in [-0.3, -0.25) is 4.79 Å². The molecule has 3 amide bonds. The second kappa shape index (κ2) is 10.5. The summed E-state index contributed by atoms with van der Waals surface area (Å²) in [5, 5.41) is 7.79. The fourth-order valence-electron chi connectivity index (χ4n) is 3.98. The fourth-order valence-corrected chi connectivity index (χ4v) is 3.98. The van der Waals surface area contributed by atoms with Gasteiger partial charge in [-0.15, -0.1) is 5.10 Å². The van der Waals surface area contributed by atoms with Crippen molar-refractivity contribution in [3.8, 4) is 11.8 Å². The van der Waals surface area contributed by atoms with E-state index in [2.05, 4.69) is 22.0 Å². The van der Waals surface area contributed by atoms with Gasteiger partial charge in [0.15, 0.2) is 17.5 Å². The topological polar surface area (TPSA) is 86.7 Å². The molecule has 0 bridgehead atoms. The number of aldehydes is 1. The monoisotopic (exact) mass is 503 g/mol. The number of rotatable bonds is 6. The number of hydrogen-bond donors (Lipinski definition) is 0. The van der Waals surface area contributed by atoms with E-state index >= 15 is 8.78 Å². The molecule has 1 aliphatic rings. The van der Waals surface area contributed by atoms with E-state index in [0.29, 0.717) is 22.6 Å². The Bertz CT molecular complexity index is 1370. The van der Waals surface area contributed by atoms with Crippen LogP contribution in [0.3, 0.4) is 0 Å². The summed E-state index contributed by atoms with van der Waals surface area (Å²) in [7, 11) is 1.72.